The molecule has 0 unspecified atom stereocenters. The van der Waals surface area contributed by atoms with Gasteiger partial charge in [0.15, 0.2) is 0 Å². The molecule has 2 aromatic rings. The van der Waals surface area contributed by atoms with Crippen LogP contribution in [0.3, 0.4) is 0 Å². The molecule has 29 heavy (non-hydrogen) atoms. The molecule has 0 saturated carbocycles. The first-order chi connectivity index (χ1) is 13.3. The molecule has 5 nitrogen and oxygen atoms in total. The summed E-state index contributed by atoms with van der Waals surface area (Å²) in [5.41, 5.74) is -3.14. The van der Waals surface area contributed by atoms with Gasteiger partial charge in [0.2, 0.25) is 11.8 Å². The maximum Gasteiger partial charge on any atom is 0.420 e. The highest BCUT2D eigenvalue weighted by molar-refractivity contribution is 5.89. The largest absolute Gasteiger partial charge is 0.456 e. The second kappa shape index (κ2) is 8.02. The monoisotopic (exact) mass is 420 g/mol. The number of nitrogens with one attached hydrogen (secondary N) is 2. The Labute approximate surface area is 160 Å². The molecule has 0 atom stereocenters. The van der Waals surface area contributed by atoms with E-state index < -0.39 is 46.8 Å². The standard InChI is InChI=1S/C18H14F6N2O3/c1-9(27)25-11-3-5-15(13(7-11)17(19,20)21)29-16-6-4-12(26-10(2)28)8-14(16)18(22,23)24/h3-8H,1-2H3,(H,25,27)(H,26,28). The number of benzene rings is 2. The predicted molar refractivity (Wildman–Crippen MR) is 91.6 cm³/mol. The van der Waals surface area contributed by atoms with Crippen LogP contribution in [-0.2, 0) is 21.9 Å². The van der Waals surface area contributed by atoms with Gasteiger partial charge in [-0.2, -0.15) is 26.3 Å². The molecule has 0 fully saturated rings. The number of halogens is 6. The Morgan fingerprint density at radius 3 is 1.34 bits per heavy atom. The van der Waals surface area contributed by atoms with Gasteiger partial charge in [-0.1, -0.05) is 0 Å². The lowest BCUT2D eigenvalue weighted by Gasteiger charge is -2.18. The van der Waals surface area contributed by atoms with Crippen LogP contribution in [0.15, 0.2) is 36.4 Å². The third kappa shape index (κ3) is 5.87. The van der Waals surface area contributed by atoms with Gasteiger partial charge in [0.1, 0.15) is 22.6 Å². The Kier molecular flexibility index (Phi) is 6.10. The fourth-order valence-electron chi connectivity index (χ4n) is 2.36. The van der Waals surface area contributed by atoms with Crippen molar-refractivity contribution in [1.29, 1.82) is 0 Å². The van der Waals surface area contributed by atoms with E-state index in [0.29, 0.717) is 12.1 Å². The molecular weight excluding hydrogens is 406 g/mol. The molecule has 2 amide bonds. The molecule has 0 bridgehead atoms. The summed E-state index contributed by atoms with van der Waals surface area (Å²) >= 11 is 0. The molecule has 156 valence electrons. The van der Waals surface area contributed by atoms with Crippen LogP contribution in [-0.4, -0.2) is 11.8 Å². The fourth-order valence-corrected chi connectivity index (χ4v) is 2.36. The van der Waals surface area contributed by atoms with E-state index in [2.05, 4.69) is 10.6 Å². The molecule has 0 aliphatic rings. The van der Waals surface area contributed by atoms with Gasteiger partial charge in [0.25, 0.3) is 0 Å². The Hall–Kier alpha value is -3.24. The third-order valence-corrected chi connectivity index (χ3v) is 3.43. The summed E-state index contributed by atoms with van der Waals surface area (Å²) in [6.45, 7) is 2.17. The molecule has 0 saturated heterocycles. The summed E-state index contributed by atoms with van der Waals surface area (Å²) in [5, 5.41) is 4.31. The van der Waals surface area contributed by atoms with Crippen molar-refractivity contribution in [2.24, 2.45) is 0 Å². The lowest BCUT2D eigenvalue weighted by molar-refractivity contribution is -0.139. The quantitative estimate of drug-likeness (QED) is 0.648. The topological polar surface area (TPSA) is 67.4 Å². The summed E-state index contributed by atoms with van der Waals surface area (Å²) < 4.78 is 85.0. The van der Waals surface area contributed by atoms with Crippen LogP contribution in [0.1, 0.15) is 25.0 Å². The fraction of sp³-hybridized carbons (Fsp3) is 0.222. The van der Waals surface area contributed by atoms with Gasteiger partial charge in [0.05, 0.1) is 0 Å². The number of ether oxygens (including phenoxy) is 1. The number of alkyl halides is 6. The second-order valence-electron chi connectivity index (χ2n) is 5.88. The average molecular weight is 420 g/mol. The predicted octanol–water partition coefficient (Wildman–Crippen LogP) is 5.43. The zero-order chi connectivity index (χ0) is 22.0. The van der Waals surface area contributed by atoms with Crippen LogP contribution in [0, 0.1) is 0 Å². The molecule has 0 aromatic heterocycles. The maximum atomic E-state index is 13.3. The smallest absolute Gasteiger partial charge is 0.420 e. The molecular formula is C18H14F6N2O3. The number of carbonyl (C=O) groups is 2. The van der Waals surface area contributed by atoms with Crippen molar-refractivity contribution in [3.63, 3.8) is 0 Å². The zero-order valence-corrected chi connectivity index (χ0v) is 15.0. The van der Waals surface area contributed by atoms with Crippen LogP contribution in [0.4, 0.5) is 37.7 Å². The summed E-state index contributed by atoms with van der Waals surface area (Å²) in [4.78, 5) is 22.1. The summed E-state index contributed by atoms with van der Waals surface area (Å²) in [5.74, 6) is -3.02. The minimum Gasteiger partial charge on any atom is -0.456 e. The van der Waals surface area contributed by atoms with Gasteiger partial charge in [-0.15, -0.1) is 0 Å². The highest BCUT2D eigenvalue weighted by Crippen LogP contribution is 2.43. The first-order valence-corrected chi connectivity index (χ1v) is 7.93. The minimum atomic E-state index is -4.96. The first-order valence-electron chi connectivity index (χ1n) is 7.93. The van der Waals surface area contributed by atoms with Gasteiger partial charge >= 0.3 is 12.4 Å². The lowest BCUT2D eigenvalue weighted by Crippen LogP contribution is -2.13. The van der Waals surface area contributed by atoms with Gasteiger partial charge in [-0.3, -0.25) is 9.59 Å². The van der Waals surface area contributed by atoms with Crippen LogP contribution in [0.25, 0.3) is 0 Å². The van der Waals surface area contributed by atoms with Crippen LogP contribution in [0.5, 0.6) is 11.5 Å². The molecule has 0 aliphatic carbocycles. The van der Waals surface area contributed by atoms with Crippen LogP contribution < -0.4 is 15.4 Å². The highest BCUT2D eigenvalue weighted by Gasteiger charge is 2.38. The second-order valence-corrected chi connectivity index (χ2v) is 5.88. The number of rotatable bonds is 4. The van der Waals surface area contributed by atoms with Crippen molar-refractivity contribution >= 4 is 23.2 Å². The molecule has 2 N–H and O–H groups in total. The van der Waals surface area contributed by atoms with E-state index in [1.54, 1.807) is 0 Å². The van der Waals surface area contributed by atoms with Crippen molar-refractivity contribution in [2.75, 3.05) is 10.6 Å². The molecule has 0 aliphatic heterocycles. The number of amides is 2. The highest BCUT2D eigenvalue weighted by atomic mass is 19.4. The Balaban J connectivity index is 2.52. The van der Waals surface area contributed by atoms with Gasteiger partial charge in [-0.05, 0) is 36.4 Å². The normalized spacial score (nSPS) is 11.7. The van der Waals surface area contributed by atoms with E-state index in [0.717, 1.165) is 38.1 Å². The Morgan fingerprint density at radius 2 is 1.07 bits per heavy atom. The number of hydrogen-bond acceptors (Lipinski definition) is 3. The molecule has 11 heteroatoms. The third-order valence-electron chi connectivity index (χ3n) is 3.43. The van der Waals surface area contributed by atoms with Crippen molar-refractivity contribution in [2.45, 2.75) is 26.2 Å². The number of carbonyl (C=O) groups excluding carboxylic acids is 2. The van der Waals surface area contributed by atoms with Crippen molar-refractivity contribution in [1.82, 2.24) is 0 Å². The Morgan fingerprint density at radius 1 is 0.724 bits per heavy atom. The molecule has 0 spiro atoms. The van der Waals surface area contributed by atoms with E-state index in [9.17, 15) is 35.9 Å². The SMILES string of the molecule is CC(=O)Nc1ccc(Oc2ccc(NC(C)=O)cc2C(F)(F)F)c(C(F)(F)F)c1. The van der Waals surface area contributed by atoms with Crippen molar-refractivity contribution < 1.29 is 40.7 Å². The van der Waals surface area contributed by atoms with Crippen LogP contribution >= 0.6 is 0 Å². The minimum absolute atomic E-state index is 0.200. The van der Waals surface area contributed by atoms with Crippen molar-refractivity contribution in [3.05, 3.63) is 47.5 Å². The van der Waals surface area contributed by atoms with Gasteiger partial charge in [0, 0.05) is 25.2 Å². The summed E-state index contributed by atoms with van der Waals surface area (Å²) in [6.07, 6.45) is -9.92. The molecule has 0 radical (unpaired) electrons. The summed E-state index contributed by atoms with van der Waals surface area (Å²) in [7, 11) is 0. The number of hydrogen-bond donors (Lipinski definition) is 2. The zero-order valence-electron chi connectivity index (χ0n) is 15.0. The van der Waals surface area contributed by atoms with Crippen LogP contribution in [0.2, 0.25) is 0 Å². The maximum absolute atomic E-state index is 13.3. The summed E-state index contributed by atoms with van der Waals surface area (Å²) in [6, 6.07) is 4.83. The molecule has 2 rings (SSSR count). The van der Waals surface area contributed by atoms with E-state index in [1.165, 1.54) is 0 Å². The van der Waals surface area contributed by atoms with E-state index in [4.69, 9.17) is 4.74 Å². The van der Waals surface area contributed by atoms with E-state index in [1.807, 2.05) is 0 Å². The van der Waals surface area contributed by atoms with Crippen molar-refractivity contribution in [3.8, 4) is 11.5 Å². The molecule has 0 heterocycles. The molecule has 2 aromatic carbocycles. The van der Waals surface area contributed by atoms with E-state index >= 15 is 0 Å². The number of anilines is 2. The van der Waals surface area contributed by atoms with E-state index in [-0.39, 0.29) is 11.4 Å². The van der Waals surface area contributed by atoms with Gasteiger partial charge in [-0.25, -0.2) is 0 Å². The first kappa shape index (κ1) is 22.1. The Bertz CT molecular complexity index is 863. The van der Waals surface area contributed by atoms with Gasteiger partial charge < -0.3 is 15.4 Å². The average Bonchev–Trinajstić information content (AvgIpc) is 2.54. The lowest BCUT2D eigenvalue weighted by atomic mass is 10.1.